The van der Waals surface area contributed by atoms with E-state index in [1.165, 1.54) is 25.4 Å². The number of hydrogen-bond donors (Lipinski definition) is 1. The van der Waals surface area contributed by atoms with Crippen LogP contribution >= 0.6 is 0 Å². The summed E-state index contributed by atoms with van der Waals surface area (Å²) in [6, 6.07) is 5.46. The van der Waals surface area contributed by atoms with Gasteiger partial charge in [0.15, 0.2) is 23.7 Å². The van der Waals surface area contributed by atoms with Crippen molar-refractivity contribution in [2.24, 2.45) is 10.7 Å². The zero-order chi connectivity index (χ0) is 21.7. The Labute approximate surface area is 166 Å². The number of hydrogen-bond acceptors (Lipinski definition) is 6. The standard InChI is InChI=1S/C19H13F4N5O2/c1-28-16(29)18(27-17(28)24,11-2-3-26-15(7-11)19(21,22)23)12-4-10(5-13(20)6-12)14-8-25-9-30-14/h2-9H,1H3,(H2,24,27). The van der Waals surface area contributed by atoms with Gasteiger partial charge in [0.25, 0.3) is 5.91 Å². The highest BCUT2D eigenvalue weighted by molar-refractivity contribution is 6.09. The molecular weight excluding hydrogens is 406 g/mol. The van der Waals surface area contributed by atoms with Gasteiger partial charge in [-0.15, -0.1) is 0 Å². The molecule has 1 amide bonds. The number of pyridine rings is 1. The van der Waals surface area contributed by atoms with Crippen LogP contribution in [0.5, 0.6) is 0 Å². The number of guanidine groups is 1. The van der Waals surface area contributed by atoms with Gasteiger partial charge < -0.3 is 10.2 Å². The van der Waals surface area contributed by atoms with Gasteiger partial charge in [0, 0.05) is 18.8 Å². The van der Waals surface area contributed by atoms with Crippen molar-refractivity contribution in [2.45, 2.75) is 11.7 Å². The van der Waals surface area contributed by atoms with Gasteiger partial charge in [-0.2, -0.15) is 13.2 Å². The number of aromatic nitrogens is 2. The lowest BCUT2D eigenvalue weighted by molar-refractivity contribution is -0.141. The second-order valence-electron chi connectivity index (χ2n) is 6.57. The maximum atomic E-state index is 14.5. The number of rotatable bonds is 3. The van der Waals surface area contributed by atoms with E-state index in [1.807, 2.05) is 0 Å². The molecule has 4 rings (SSSR count). The van der Waals surface area contributed by atoms with Crippen LogP contribution in [-0.2, 0) is 16.5 Å². The molecule has 0 spiro atoms. The molecule has 11 heteroatoms. The molecule has 2 N–H and O–H groups in total. The summed E-state index contributed by atoms with van der Waals surface area (Å²) in [5.74, 6) is -1.52. The summed E-state index contributed by atoms with van der Waals surface area (Å²) in [4.78, 5) is 25.4. The van der Waals surface area contributed by atoms with Crippen LogP contribution in [0.1, 0.15) is 16.8 Å². The molecule has 1 unspecified atom stereocenters. The van der Waals surface area contributed by atoms with Crippen molar-refractivity contribution < 1.29 is 26.8 Å². The lowest BCUT2D eigenvalue weighted by atomic mass is 9.82. The first-order valence-corrected chi connectivity index (χ1v) is 8.50. The van der Waals surface area contributed by atoms with Crippen molar-refractivity contribution >= 4 is 11.9 Å². The third-order valence-corrected chi connectivity index (χ3v) is 4.74. The first-order chi connectivity index (χ1) is 14.1. The number of benzene rings is 1. The highest BCUT2D eigenvalue weighted by Gasteiger charge is 2.50. The topological polar surface area (TPSA) is 97.6 Å². The smallest absolute Gasteiger partial charge is 0.433 e. The molecule has 7 nitrogen and oxygen atoms in total. The average molecular weight is 419 g/mol. The number of amides is 1. The number of nitrogens with two attached hydrogens (primary N) is 1. The van der Waals surface area contributed by atoms with Crippen LogP contribution in [-0.4, -0.2) is 33.8 Å². The number of nitrogens with zero attached hydrogens (tertiary/aromatic N) is 4. The predicted molar refractivity (Wildman–Crippen MR) is 96.3 cm³/mol. The molecule has 0 radical (unpaired) electrons. The van der Waals surface area contributed by atoms with Crippen molar-refractivity contribution in [1.82, 2.24) is 14.9 Å². The minimum Gasteiger partial charge on any atom is -0.444 e. The Morgan fingerprint density at radius 3 is 2.53 bits per heavy atom. The normalized spacial score (nSPS) is 19.3. The monoisotopic (exact) mass is 419 g/mol. The van der Waals surface area contributed by atoms with Gasteiger partial charge in [-0.1, -0.05) is 0 Å². The SMILES string of the molecule is CN1C(=O)C(c2cc(F)cc(-c3cnco3)c2)(c2ccnc(C(F)(F)F)c2)N=C1N. The van der Waals surface area contributed by atoms with E-state index in [2.05, 4.69) is 15.0 Å². The van der Waals surface area contributed by atoms with Crippen molar-refractivity contribution in [2.75, 3.05) is 7.05 Å². The predicted octanol–water partition coefficient (Wildman–Crippen LogP) is 2.92. The second kappa shape index (κ2) is 6.65. The van der Waals surface area contributed by atoms with Crippen LogP contribution < -0.4 is 5.73 Å². The molecular formula is C19H13F4N5O2. The van der Waals surface area contributed by atoms with Crippen LogP contribution in [0.2, 0.25) is 0 Å². The average Bonchev–Trinajstić information content (AvgIpc) is 3.31. The van der Waals surface area contributed by atoms with Gasteiger partial charge in [0.05, 0.1) is 6.20 Å². The molecule has 0 bridgehead atoms. The number of carbonyl (C=O) groups is 1. The van der Waals surface area contributed by atoms with Gasteiger partial charge >= 0.3 is 6.18 Å². The van der Waals surface area contributed by atoms with E-state index in [0.29, 0.717) is 6.07 Å². The van der Waals surface area contributed by atoms with Crippen LogP contribution in [0, 0.1) is 5.82 Å². The molecule has 154 valence electrons. The number of likely N-dealkylation sites (N-methyl/N-ethyl adjacent to an activating group) is 1. The molecule has 3 aromatic rings. The van der Waals surface area contributed by atoms with Gasteiger partial charge in [0.1, 0.15) is 11.5 Å². The van der Waals surface area contributed by atoms with E-state index >= 15 is 0 Å². The van der Waals surface area contributed by atoms with E-state index in [4.69, 9.17) is 10.2 Å². The Balaban J connectivity index is 2.00. The van der Waals surface area contributed by atoms with Crippen LogP contribution in [0.3, 0.4) is 0 Å². The van der Waals surface area contributed by atoms with Crippen LogP contribution in [0.4, 0.5) is 17.6 Å². The summed E-state index contributed by atoms with van der Waals surface area (Å²) in [5.41, 5.74) is 2.61. The van der Waals surface area contributed by atoms with Crippen molar-refractivity contribution in [1.29, 1.82) is 0 Å². The maximum absolute atomic E-state index is 14.5. The third-order valence-electron chi connectivity index (χ3n) is 4.74. The largest absolute Gasteiger partial charge is 0.444 e. The number of halogens is 4. The van der Waals surface area contributed by atoms with E-state index in [1.54, 1.807) is 0 Å². The van der Waals surface area contributed by atoms with Gasteiger partial charge in [-0.05, 0) is 41.5 Å². The Morgan fingerprint density at radius 1 is 1.17 bits per heavy atom. The third kappa shape index (κ3) is 2.98. The zero-order valence-corrected chi connectivity index (χ0v) is 15.3. The Morgan fingerprint density at radius 2 is 1.93 bits per heavy atom. The number of aliphatic imine (C=N–C) groups is 1. The van der Waals surface area contributed by atoms with Crippen molar-refractivity contribution in [3.05, 3.63) is 71.8 Å². The van der Waals surface area contributed by atoms with Gasteiger partial charge in [-0.3, -0.25) is 14.7 Å². The minimum atomic E-state index is -4.76. The fraction of sp³-hybridized carbons (Fsp3) is 0.158. The quantitative estimate of drug-likeness (QED) is 0.659. The Hall–Kier alpha value is -3.76. The summed E-state index contributed by atoms with van der Waals surface area (Å²) < 4.78 is 59.4. The lowest BCUT2D eigenvalue weighted by Crippen LogP contribution is -2.41. The highest BCUT2D eigenvalue weighted by atomic mass is 19.4. The molecule has 1 aliphatic heterocycles. The number of oxazole rings is 1. The van der Waals surface area contributed by atoms with E-state index < -0.39 is 29.1 Å². The minimum absolute atomic E-state index is 0.0227. The first-order valence-electron chi connectivity index (χ1n) is 8.50. The molecule has 0 saturated heterocycles. The molecule has 0 saturated carbocycles. The lowest BCUT2D eigenvalue weighted by Gasteiger charge is -2.27. The molecule has 0 fully saturated rings. The number of alkyl halides is 3. The Bertz CT molecular complexity index is 1160. The summed E-state index contributed by atoms with van der Waals surface area (Å²) >= 11 is 0. The summed E-state index contributed by atoms with van der Waals surface area (Å²) in [6.45, 7) is 0. The molecule has 0 aliphatic carbocycles. The molecule has 1 aliphatic rings. The molecule has 3 heterocycles. The summed E-state index contributed by atoms with van der Waals surface area (Å²) in [7, 11) is 1.32. The maximum Gasteiger partial charge on any atom is 0.433 e. The fourth-order valence-corrected chi connectivity index (χ4v) is 3.29. The van der Waals surface area contributed by atoms with E-state index in [0.717, 1.165) is 29.6 Å². The van der Waals surface area contributed by atoms with E-state index in [-0.39, 0.29) is 28.4 Å². The molecule has 2 aromatic heterocycles. The first kappa shape index (κ1) is 19.6. The van der Waals surface area contributed by atoms with Crippen molar-refractivity contribution in [3.63, 3.8) is 0 Å². The summed E-state index contributed by atoms with van der Waals surface area (Å²) in [6.07, 6.45) is -1.38. The number of carbonyl (C=O) groups excluding carboxylic acids is 1. The van der Waals surface area contributed by atoms with E-state index in [9.17, 15) is 22.4 Å². The molecule has 1 aromatic carbocycles. The van der Waals surface area contributed by atoms with Crippen LogP contribution in [0.15, 0.2) is 58.5 Å². The zero-order valence-electron chi connectivity index (χ0n) is 15.3. The van der Waals surface area contributed by atoms with Gasteiger partial charge in [0.2, 0.25) is 0 Å². The molecule has 1 atom stereocenters. The van der Waals surface area contributed by atoms with Crippen LogP contribution in [0.25, 0.3) is 11.3 Å². The fourth-order valence-electron chi connectivity index (χ4n) is 3.29. The second-order valence-corrected chi connectivity index (χ2v) is 6.57. The summed E-state index contributed by atoms with van der Waals surface area (Å²) in [5, 5.41) is 0. The highest BCUT2D eigenvalue weighted by Crippen LogP contribution is 2.42. The molecule has 30 heavy (non-hydrogen) atoms. The van der Waals surface area contributed by atoms with Crippen molar-refractivity contribution in [3.8, 4) is 11.3 Å². The van der Waals surface area contributed by atoms with Gasteiger partial charge in [-0.25, -0.2) is 14.4 Å². The Kier molecular flexibility index (Phi) is 4.33.